The summed E-state index contributed by atoms with van der Waals surface area (Å²) in [5.74, 6) is 1.64. The molecule has 0 aromatic carbocycles. The third kappa shape index (κ3) is 1.79. The number of rotatable bonds is 3. The largest absolute Gasteiger partial charge is 0.463 e. The molecule has 2 N–H and O–H groups in total. The average molecular weight is 191 g/mol. The lowest BCUT2D eigenvalue weighted by Gasteiger charge is -2.03. The van der Waals surface area contributed by atoms with Crippen molar-refractivity contribution >= 4 is 5.82 Å². The van der Waals surface area contributed by atoms with Crippen LogP contribution in [0.4, 0.5) is 5.82 Å². The molecule has 0 fully saturated rings. The van der Waals surface area contributed by atoms with Crippen molar-refractivity contribution in [3.63, 3.8) is 0 Å². The highest BCUT2D eigenvalue weighted by Gasteiger charge is 2.05. The fourth-order valence-electron chi connectivity index (χ4n) is 1.25. The van der Waals surface area contributed by atoms with Crippen molar-refractivity contribution in [3.8, 4) is 11.5 Å². The second-order valence-corrected chi connectivity index (χ2v) is 3.44. The fraction of sp³-hybridized carbons (Fsp3) is 0.300. The van der Waals surface area contributed by atoms with Gasteiger partial charge in [-0.3, -0.25) is 5.10 Å². The molecule has 0 aliphatic rings. The molecule has 2 aromatic rings. The molecule has 4 nitrogen and oxygen atoms in total. The molecule has 74 valence electrons. The lowest BCUT2D eigenvalue weighted by atomic mass is 10.3. The summed E-state index contributed by atoms with van der Waals surface area (Å²) in [6.07, 6.45) is 1.64. The Hall–Kier alpha value is -1.71. The van der Waals surface area contributed by atoms with E-state index in [9.17, 15) is 0 Å². The van der Waals surface area contributed by atoms with Gasteiger partial charge in [-0.1, -0.05) is 0 Å². The van der Waals surface area contributed by atoms with Crippen molar-refractivity contribution < 1.29 is 4.42 Å². The molecule has 14 heavy (non-hydrogen) atoms. The third-order valence-corrected chi connectivity index (χ3v) is 1.80. The molecule has 2 heterocycles. The van der Waals surface area contributed by atoms with Crippen molar-refractivity contribution in [2.24, 2.45) is 0 Å². The van der Waals surface area contributed by atoms with E-state index in [4.69, 9.17) is 4.42 Å². The summed E-state index contributed by atoms with van der Waals surface area (Å²) in [5, 5.41) is 10.2. The van der Waals surface area contributed by atoms with Gasteiger partial charge in [0.25, 0.3) is 0 Å². The minimum absolute atomic E-state index is 0.378. The maximum absolute atomic E-state index is 5.24. The molecule has 0 atom stereocenters. The van der Waals surface area contributed by atoms with Gasteiger partial charge in [0.15, 0.2) is 5.76 Å². The topological polar surface area (TPSA) is 53.9 Å². The summed E-state index contributed by atoms with van der Waals surface area (Å²) >= 11 is 0. The van der Waals surface area contributed by atoms with E-state index >= 15 is 0 Å². The van der Waals surface area contributed by atoms with Crippen LogP contribution in [0, 0.1) is 0 Å². The molecule has 0 unspecified atom stereocenters. The zero-order valence-electron chi connectivity index (χ0n) is 8.24. The van der Waals surface area contributed by atoms with Gasteiger partial charge in [-0.05, 0) is 26.0 Å². The lowest BCUT2D eigenvalue weighted by molar-refractivity contribution is 0.580. The van der Waals surface area contributed by atoms with E-state index in [1.165, 1.54) is 0 Å². The first-order valence-corrected chi connectivity index (χ1v) is 4.61. The first-order chi connectivity index (χ1) is 6.75. The summed E-state index contributed by atoms with van der Waals surface area (Å²) in [7, 11) is 0. The van der Waals surface area contributed by atoms with Crippen molar-refractivity contribution in [3.05, 3.63) is 24.5 Å². The molecule has 2 rings (SSSR count). The molecular weight excluding hydrogens is 178 g/mol. The first kappa shape index (κ1) is 8.87. The van der Waals surface area contributed by atoms with Gasteiger partial charge in [-0.25, -0.2) is 0 Å². The minimum Gasteiger partial charge on any atom is -0.463 e. The van der Waals surface area contributed by atoms with E-state index in [1.807, 2.05) is 18.2 Å². The van der Waals surface area contributed by atoms with E-state index in [1.54, 1.807) is 6.26 Å². The number of nitrogens with zero attached hydrogens (tertiary/aromatic N) is 1. The smallest absolute Gasteiger partial charge is 0.151 e. The van der Waals surface area contributed by atoms with E-state index in [0.29, 0.717) is 6.04 Å². The number of H-pyrrole nitrogens is 1. The van der Waals surface area contributed by atoms with Crippen molar-refractivity contribution in [1.82, 2.24) is 10.2 Å². The van der Waals surface area contributed by atoms with Crippen LogP contribution in [0.5, 0.6) is 0 Å². The zero-order valence-corrected chi connectivity index (χ0v) is 8.24. The summed E-state index contributed by atoms with van der Waals surface area (Å²) in [4.78, 5) is 0. The van der Waals surface area contributed by atoms with Crippen molar-refractivity contribution in [2.75, 3.05) is 5.32 Å². The Morgan fingerprint density at radius 3 is 3.00 bits per heavy atom. The Bertz CT molecular complexity index is 389. The molecule has 4 heteroatoms. The standard InChI is InChI=1S/C10H13N3O/c1-7(2)11-10-6-8(12-13-10)9-4-3-5-14-9/h3-7H,1-2H3,(H2,11,12,13). The second-order valence-electron chi connectivity index (χ2n) is 3.44. The summed E-state index contributed by atoms with van der Waals surface area (Å²) in [6.45, 7) is 4.14. The normalized spacial score (nSPS) is 10.8. The van der Waals surface area contributed by atoms with Crippen LogP contribution in [0.15, 0.2) is 28.9 Å². The number of hydrogen-bond donors (Lipinski definition) is 2. The number of nitrogens with one attached hydrogen (secondary N) is 2. The SMILES string of the molecule is CC(C)Nc1cc(-c2ccco2)[nH]n1. The van der Waals surface area contributed by atoms with Crippen molar-refractivity contribution in [1.29, 1.82) is 0 Å². The van der Waals surface area contributed by atoms with Crippen LogP contribution in [0.2, 0.25) is 0 Å². The molecule has 0 saturated carbocycles. The van der Waals surface area contributed by atoms with Gasteiger partial charge in [0.1, 0.15) is 11.5 Å². The van der Waals surface area contributed by atoms with Crippen molar-refractivity contribution in [2.45, 2.75) is 19.9 Å². The van der Waals surface area contributed by atoms with Crippen LogP contribution >= 0.6 is 0 Å². The molecule has 0 bridgehead atoms. The maximum atomic E-state index is 5.24. The van der Waals surface area contributed by atoms with Gasteiger partial charge in [0, 0.05) is 12.1 Å². The van der Waals surface area contributed by atoms with Crippen LogP contribution < -0.4 is 5.32 Å². The van der Waals surface area contributed by atoms with Crippen LogP contribution in [0.1, 0.15) is 13.8 Å². The number of furan rings is 1. The number of anilines is 1. The average Bonchev–Trinajstić information content (AvgIpc) is 2.69. The molecule has 0 aliphatic heterocycles. The highest BCUT2D eigenvalue weighted by atomic mass is 16.3. The molecule has 2 aromatic heterocycles. The number of hydrogen-bond acceptors (Lipinski definition) is 3. The van der Waals surface area contributed by atoms with E-state index < -0.39 is 0 Å². The Balaban J connectivity index is 2.18. The molecule has 0 aliphatic carbocycles. The van der Waals surface area contributed by atoms with E-state index in [2.05, 4.69) is 29.4 Å². The Morgan fingerprint density at radius 1 is 1.50 bits per heavy atom. The van der Waals surface area contributed by atoms with Crippen LogP contribution in [0.25, 0.3) is 11.5 Å². The maximum Gasteiger partial charge on any atom is 0.151 e. The number of aromatic amines is 1. The quantitative estimate of drug-likeness (QED) is 0.783. The highest BCUT2D eigenvalue weighted by Crippen LogP contribution is 2.19. The monoisotopic (exact) mass is 191 g/mol. The summed E-state index contributed by atoms with van der Waals surface area (Å²) in [5.41, 5.74) is 0.887. The lowest BCUT2D eigenvalue weighted by Crippen LogP contribution is -2.09. The van der Waals surface area contributed by atoms with Gasteiger partial charge in [0.05, 0.1) is 6.26 Å². The number of aromatic nitrogens is 2. The molecule has 0 spiro atoms. The highest BCUT2D eigenvalue weighted by molar-refractivity contribution is 5.57. The van der Waals surface area contributed by atoms with Gasteiger partial charge in [-0.2, -0.15) is 5.10 Å². The fourth-order valence-corrected chi connectivity index (χ4v) is 1.25. The molecule has 0 amide bonds. The van der Waals surface area contributed by atoms with Gasteiger partial charge in [0.2, 0.25) is 0 Å². The van der Waals surface area contributed by atoms with Crippen LogP contribution in [0.3, 0.4) is 0 Å². The first-order valence-electron chi connectivity index (χ1n) is 4.61. The van der Waals surface area contributed by atoms with Crippen LogP contribution in [-0.4, -0.2) is 16.2 Å². The molecular formula is C10H13N3O. The third-order valence-electron chi connectivity index (χ3n) is 1.80. The predicted octanol–water partition coefficient (Wildman–Crippen LogP) is 2.49. The summed E-state index contributed by atoms with van der Waals surface area (Å²) in [6, 6.07) is 6.06. The van der Waals surface area contributed by atoms with E-state index in [0.717, 1.165) is 17.3 Å². The minimum atomic E-state index is 0.378. The van der Waals surface area contributed by atoms with Gasteiger partial charge >= 0.3 is 0 Å². The Labute approximate surface area is 82.3 Å². The van der Waals surface area contributed by atoms with Gasteiger partial charge < -0.3 is 9.73 Å². The summed E-state index contributed by atoms with van der Waals surface area (Å²) < 4.78 is 5.24. The molecule has 0 saturated heterocycles. The second kappa shape index (κ2) is 3.57. The Kier molecular flexibility index (Phi) is 2.26. The van der Waals surface area contributed by atoms with Gasteiger partial charge in [-0.15, -0.1) is 0 Å². The van der Waals surface area contributed by atoms with E-state index in [-0.39, 0.29) is 0 Å². The Morgan fingerprint density at radius 2 is 2.36 bits per heavy atom. The zero-order chi connectivity index (χ0) is 9.97. The van der Waals surface area contributed by atoms with Crippen LogP contribution in [-0.2, 0) is 0 Å². The molecule has 0 radical (unpaired) electrons. The predicted molar refractivity (Wildman–Crippen MR) is 55.0 cm³/mol.